The summed E-state index contributed by atoms with van der Waals surface area (Å²) in [4.78, 5) is 12.3. The Labute approximate surface area is 112 Å². The van der Waals surface area contributed by atoms with E-state index in [0.29, 0.717) is 17.8 Å². The molecule has 0 saturated heterocycles. The zero-order valence-electron chi connectivity index (χ0n) is 12.6. The molecular formula is C17H26O. The molecule has 1 atom stereocenters. The van der Waals surface area contributed by atoms with E-state index in [4.69, 9.17) is 0 Å². The van der Waals surface area contributed by atoms with E-state index in [1.807, 2.05) is 19.1 Å². The van der Waals surface area contributed by atoms with E-state index >= 15 is 0 Å². The second kappa shape index (κ2) is 5.69. The highest BCUT2D eigenvalue weighted by molar-refractivity contribution is 5.97. The smallest absolute Gasteiger partial charge is 0.163 e. The number of benzene rings is 1. The first-order valence-electron chi connectivity index (χ1n) is 6.79. The fourth-order valence-electron chi connectivity index (χ4n) is 2.67. The number of aryl methyl sites for hydroxylation is 2. The molecule has 1 nitrogen and oxygen atoms in total. The molecule has 0 aliphatic rings. The highest BCUT2D eigenvalue weighted by Gasteiger charge is 2.19. The van der Waals surface area contributed by atoms with Gasteiger partial charge in [-0.1, -0.05) is 51.5 Å². The van der Waals surface area contributed by atoms with Gasteiger partial charge in [0.15, 0.2) is 5.78 Å². The first-order chi connectivity index (χ1) is 8.19. The predicted octanol–water partition coefficient (Wildman–Crippen LogP) is 4.95. The fourth-order valence-corrected chi connectivity index (χ4v) is 2.67. The van der Waals surface area contributed by atoms with Gasteiger partial charge in [-0.25, -0.2) is 0 Å². The molecule has 0 spiro atoms. The zero-order valence-corrected chi connectivity index (χ0v) is 12.6. The van der Waals surface area contributed by atoms with Crippen molar-refractivity contribution >= 4 is 5.78 Å². The molecule has 100 valence electrons. The minimum absolute atomic E-state index is 0.282. The summed E-state index contributed by atoms with van der Waals surface area (Å²) in [5, 5.41) is 0. The van der Waals surface area contributed by atoms with Crippen LogP contribution >= 0.6 is 0 Å². The van der Waals surface area contributed by atoms with E-state index in [1.54, 1.807) is 0 Å². The Morgan fingerprint density at radius 1 is 1.22 bits per heavy atom. The largest absolute Gasteiger partial charge is 0.294 e. The Morgan fingerprint density at radius 3 is 2.33 bits per heavy atom. The van der Waals surface area contributed by atoms with Crippen LogP contribution in [0.4, 0.5) is 0 Å². The number of carbonyl (C=O) groups excluding carboxylic acids is 1. The maximum atomic E-state index is 12.3. The van der Waals surface area contributed by atoms with Crippen LogP contribution in [0.5, 0.6) is 0 Å². The molecule has 0 saturated carbocycles. The van der Waals surface area contributed by atoms with Crippen molar-refractivity contribution in [2.24, 2.45) is 11.3 Å². The Hall–Kier alpha value is -1.11. The Bertz CT molecular complexity index is 424. The van der Waals surface area contributed by atoms with Crippen molar-refractivity contribution in [1.29, 1.82) is 0 Å². The van der Waals surface area contributed by atoms with Gasteiger partial charge in [-0.2, -0.15) is 0 Å². The van der Waals surface area contributed by atoms with Gasteiger partial charge < -0.3 is 0 Å². The van der Waals surface area contributed by atoms with Crippen molar-refractivity contribution < 1.29 is 4.79 Å². The summed E-state index contributed by atoms with van der Waals surface area (Å²) in [7, 11) is 0. The van der Waals surface area contributed by atoms with E-state index in [1.165, 1.54) is 5.56 Å². The summed E-state index contributed by atoms with van der Waals surface area (Å²) in [5.41, 5.74) is 3.50. The number of rotatable bonds is 4. The topological polar surface area (TPSA) is 17.1 Å². The van der Waals surface area contributed by atoms with Gasteiger partial charge in [0.2, 0.25) is 0 Å². The molecule has 1 unspecified atom stereocenters. The molecular weight excluding hydrogens is 220 g/mol. The number of carbonyl (C=O) groups is 1. The maximum Gasteiger partial charge on any atom is 0.163 e. The molecule has 0 amide bonds. The number of hydrogen-bond acceptors (Lipinski definition) is 1. The minimum atomic E-state index is 0.282. The SMILES string of the molecule is Cc1ccc(C(=O)CC(C)CC(C)(C)C)c(C)c1. The van der Waals surface area contributed by atoms with Crippen molar-refractivity contribution in [1.82, 2.24) is 0 Å². The van der Waals surface area contributed by atoms with E-state index in [2.05, 4.69) is 40.7 Å². The summed E-state index contributed by atoms with van der Waals surface area (Å²) >= 11 is 0. The number of hydrogen-bond donors (Lipinski definition) is 0. The molecule has 0 aliphatic carbocycles. The minimum Gasteiger partial charge on any atom is -0.294 e. The van der Waals surface area contributed by atoms with Crippen molar-refractivity contribution in [3.8, 4) is 0 Å². The van der Waals surface area contributed by atoms with Crippen LogP contribution in [0.1, 0.15) is 62.0 Å². The van der Waals surface area contributed by atoms with Gasteiger partial charge in [0.05, 0.1) is 0 Å². The summed E-state index contributed by atoms with van der Waals surface area (Å²) in [6, 6.07) is 6.08. The van der Waals surface area contributed by atoms with Gasteiger partial charge in [0.25, 0.3) is 0 Å². The second-order valence-corrected chi connectivity index (χ2v) is 6.82. The van der Waals surface area contributed by atoms with Crippen molar-refractivity contribution in [3.05, 3.63) is 34.9 Å². The maximum absolute atomic E-state index is 12.3. The normalized spacial score (nSPS) is 13.4. The monoisotopic (exact) mass is 246 g/mol. The molecule has 0 aliphatic heterocycles. The molecule has 18 heavy (non-hydrogen) atoms. The molecule has 1 aromatic rings. The lowest BCUT2D eigenvalue weighted by Gasteiger charge is -2.22. The third kappa shape index (κ3) is 4.64. The van der Waals surface area contributed by atoms with Crippen LogP contribution < -0.4 is 0 Å². The lowest BCUT2D eigenvalue weighted by atomic mass is 9.82. The van der Waals surface area contributed by atoms with Crippen molar-refractivity contribution in [3.63, 3.8) is 0 Å². The van der Waals surface area contributed by atoms with E-state index in [9.17, 15) is 4.79 Å². The van der Waals surface area contributed by atoms with Gasteiger partial charge in [-0.05, 0) is 37.2 Å². The van der Waals surface area contributed by atoms with Crippen molar-refractivity contribution in [2.75, 3.05) is 0 Å². The van der Waals surface area contributed by atoms with Crippen LogP contribution in [-0.4, -0.2) is 5.78 Å². The second-order valence-electron chi connectivity index (χ2n) is 6.82. The quantitative estimate of drug-likeness (QED) is 0.687. The molecule has 1 rings (SSSR count). The van der Waals surface area contributed by atoms with Gasteiger partial charge >= 0.3 is 0 Å². The molecule has 0 fully saturated rings. The van der Waals surface area contributed by atoms with Crippen LogP contribution in [0.3, 0.4) is 0 Å². The summed E-state index contributed by atoms with van der Waals surface area (Å²) in [5.74, 6) is 0.724. The summed E-state index contributed by atoms with van der Waals surface area (Å²) in [6.07, 6.45) is 1.74. The standard InChI is InChI=1S/C17H26O/c1-12-7-8-15(14(3)9-12)16(18)10-13(2)11-17(4,5)6/h7-9,13H,10-11H2,1-6H3. The first-order valence-corrected chi connectivity index (χ1v) is 6.79. The molecule has 0 radical (unpaired) electrons. The van der Waals surface area contributed by atoms with Gasteiger partial charge in [0.1, 0.15) is 0 Å². The molecule has 1 aromatic carbocycles. The molecule has 0 heterocycles. The third-order valence-corrected chi connectivity index (χ3v) is 3.18. The van der Waals surface area contributed by atoms with Gasteiger partial charge in [-0.3, -0.25) is 4.79 Å². The summed E-state index contributed by atoms with van der Waals surface area (Å²) < 4.78 is 0. The Balaban J connectivity index is 2.71. The molecule has 0 aromatic heterocycles. The predicted molar refractivity (Wildman–Crippen MR) is 78.1 cm³/mol. The molecule has 0 bridgehead atoms. The Kier molecular flexibility index (Phi) is 4.72. The number of ketones is 1. The van der Waals surface area contributed by atoms with Crippen LogP contribution in [0.15, 0.2) is 18.2 Å². The van der Waals surface area contributed by atoms with Crippen LogP contribution in [0.2, 0.25) is 0 Å². The van der Waals surface area contributed by atoms with Crippen LogP contribution in [-0.2, 0) is 0 Å². The molecule has 0 N–H and O–H groups in total. The van der Waals surface area contributed by atoms with E-state index < -0.39 is 0 Å². The van der Waals surface area contributed by atoms with Gasteiger partial charge in [0, 0.05) is 12.0 Å². The average Bonchev–Trinajstić information content (AvgIpc) is 2.13. The molecule has 1 heteroatoms. The van der Waals surface area contributed by atoms with Crippen LogP contribution in [0.25, 0.3) is 0 Å². The van der Waals surface area contributed by atoms with Crippen LogP contribution in [0, 0.1) is 25.2 Å². The lowest BCUT2D eigenvalue weighted by Crippen LogP contribution is -2.15. The third-order valence-electron chi connectivity index (χ3n) is 3.18. The highest BCUT2D eigenvalue weighted by atomic mass is 16.1. The average molecular weight is 246 g/mol. The number of Topliss-reactive ketones (excluding diaryl/α,β-unsaturated/α-hetero) is 1. The fraction of sp³-hybridized carbons (Fsp3) is 0.588. The Morgan fingerprint density at radius 2 is 1.83 bits per heavy atom. The first kappa shape index (κ1) is 14.9. The van der Waals surface area contributed by atoms with E-state index in [0.717, 1.165) is 17.5 Å². The lowest BCUT2D eigenvalue weighted by molar-refractivity contribution is 0.0953. The summed E-state index contributed by atoms with van der Waals surface area (Å²) in [6.45, 7) is 12.9. The highest BCUT2D eigenvalue weighted by Crippen LogP contribution is 2.27. The zero-order chi connectivity index (χ0) is 13.9. The van der Waals surface area contributed by atoms with Gasteiger partial charge in [-0.15, -0.1) is 0 Å². The van der Waals surface area contributed by atoms with E-state index in [-0.39, 0.29) is 5.78 Å². The van der Waals surface area contributed by atoms with Crippen molar-refractivity contribution in [2.45, 2.75) is 54.4 Å².